The van der Waals surface area contributed by atoms with Crippen LogP contribution in [0.25, 0.3) is 5.52 Å². The summed E-state index contributed by atoms with van der Waals surface area (Å²) in [6, 6.07) is 1.52. The van der Waals surface area contributed by atoms with Crippen molar-refractivity contribution < 1.29 is 19.0 Å². The van der Waals surface area contributed by atoms with Gasteiger partial charge in [0.15, 0.2) is 11.6 Å². The van der Waals surface area contributed by atoms with Crippen molar-refractivity contribution in [1.82, 2.24) is 9.72 Å². The van der Waals surface area contributed by atoms with Gasteiger partial charge in [-0.25, -0.2) is 9.18 Å². The summed E-state index contributed by atoms with van der Waals surface area (Å²) in [5.74, 6) is -0.0639. The van der Waals surface area contributed by atoms with Crippen LogP contribution in [-0.2, 0) is 0 Å². The van der Waals surface area contributed by atoms with Gasteiger partial charge in [-0.2, -0.15) is 0 Å². The number of hydrogen-bond donors (Lipinski definition) is 2. The molecule has 0 spiro atoms. The molecule has 2 aromatic heterocycles. The smallest absolute Gasteiger partial charge is 0.449 e. The molecular weight excluding hydrogens is 377 g/mol. The first-order valence-electron chi connectivity index (χ1n) is 10.2. The Kier molecular flexibility index (Phi) is 5.21. The maximum Gasteiger partial charge on any atom is 0.511 e. The van der Waals surface area contributed by atoms with Crippen LogP contribution in [0.3, 0.4) is 0 Å². The summed E-state index contributed by atoms with van der Waals surface area (Å²) >= 11 is 0. The Morgan fingerprint density at radius 1 is 1.38 bits per heavy atom. The number of anilines is 1. The summed E-state index contributed by atoms with van der Waals surface area (Å²) in [5.41, 5.74) is 2.11. The molecular formula is C21H26FN3O4. The van der Waals surface area contributed by atoms with E-state index >= 15 is 4.39 Å². The first-order valence-corrected chi connectivity index (χ1v) is 10.2. The van der Waals surface area contributed by atoms with Gasteiger partial charge in [-0.05, 0) is 68.3 Å². The molecule has 7 nitrogen and oxygen atoms in total. The van der Waals surface area contributed by atoms with Crippen LogP contribution in [0, 0.1) is 18.7 Å². The first kappa shape index (κ1) is 19.7. The lowest BCUT2D eigenvalue weighted by atomic mass is 10.0. The minimum absolute atomic E-state index is 0.235. The number of aromatic nitrogens is 1. The van der Waals surface area contributed by atoms with Crippen LogP contribution in [0.2, 0.25) is 0 Å². The van der Waals surface area contributed by atoms with E-state index in [0.29, 0.717) is 17.1 Å². The minimum Gasteiger partial charge on any atom is -0.449 e. The molecule has 1 atom stereocenters. The highest BCUT2D eigenvalue weighted by Gasteiger charge is 2.32. The second kappa shape index (κ2) is 7.67. The maximum absolute atomic E-state index is 15.2. The van der Waals surface area contributed by atoms with Gasteiger partial charge in [0, 0.05) is 13.1 Å². The highest BCUT2D eigenvalue weighted by molar-refractivity contribution is 5.74. The van der Waals surface area contributed by atoms with Crippen LogP contribution in [0.5, 0.6) is 5.75 Å². The van der Waals surface area contributed by atoms with Crippen LogP contribution >= 0.6 is 0 Å². The average molecular weight is 403 g/mol. The summed E-state index contributed by atoms with van der Waals surface area (Å²) in [6.45, 7) is 7.27. The summed E-state index contributed by atoms with van der Waals surface area (Å²) < 4.78 is 21.1. The summed E-state index contributed by atoms with van der Waals surface area (Å²) in [4.78, 5) is 25.8. The Morgan fingerprint density at radius 3 is 2.79 bits per heavy atom. The van der Waals surface area contributed by atoms with E-state index in [0.717, 1.165) is 56.6 Å². The Bertz CT molecular complexity index is 1020. The summed E-state index contributed by atoms with van der Waals surface area (Å²) in [7, 11) is 0. The zero-order valence-electron chi connectivity index (χ0n) is 16.7. The van der Waals surface area contributed by atoms with Crippen molar-refractivity contribution in [1.29, 1.82) is 0 Å². The Hall–Kier alpha value is -2.61. The van der Waals surface area contributed by atoms with Gasteiger partial charge in [0.2, 0.25) is 0 Å². The van der Waals surface area contributed by atoms with Crippen LogP contribution in [0.15, 0.2) is 17.1 Å². The van der Waals surface area contributed by atoms with Gasteiger partial charge in [0.25, 0.3) is 5.56 Å². The number of carboxylic acid groups (broad SMARTS) is 1. The summed E-state index contributed by atoms with van der Waals surface area (Å²) in [5, 5.41) is 12.3. The molecule has 1 unspecified atom stereocenters. The number of rotatable bonds is 6. The largest absolute Gasteiger partial charge is 0.511 e. The van der Waals surface area contributed by atoms with Crippen LogP contribution in [0.1, 0.15) is 43.2 Å². The number of fused-ring (bicyclic) bond motifs is 1. The van der Waals surface area contributed by atoms with E-state index in [4.69, 9.17) is 5.11 Å². The summed E-state index contributed by atoms with van der Waals surface area (Å²) in [6.07, 6.45) is 2.53. The van der Waals surface area contributed by atoms with Crippen molar-refractivity contribution in [2.45, 2.75) is 39.0 Å². The second-order valence-electron chi connectivity index (χ2n) is 7.99. The zero-order valence-corrected chi connectivity index (χ0v) is 16.7. The predicted octanol–water partition coefficient (Wildman–Crippen LogP) is 3.12. The van der Waals surface area contributed by atoms with Gasteiger partial charge in [-0.1, -0.05) is 6.92 Å². The highest BCUT2D eigenvalue weighted by atomic mass is 19.1. The van der Waals surface area contributed by atoms with Gasteiger partial charge in [0.1, 0.15) is 0 Å². The fraction of sp³-hybridized carbons (Fsp3) is 0.524. The maximum atomic E-state index is 15.2. The molecule has 2 aliphatic rings. The van der Waals surface area contributed by atoms with Crippen LogP contribution in [-0.4, -0.2) is 41.8 Å². The molecule has 4 rings (SSSR count). The number of nitrogens with zero attached hydrogens (tertiary/aromatic N) is 2. The predicted molar refractivity (Wildman–Crippen MR) is 108 cm³/mol. The molecule has 1 aliphatic heterocycles. The fourth-order valence-corrected chi connectivity index (χ4v) is 4.43. The van der Waals surface area contributed by atoms with E-state index < -0.39 is 17.5 Å². The quantitative estimate of drug-likeness (QED) is 0.721. The number of ether oxygens (including phenoxy) is 1. The topological polar surface area (TPSA) is 83.3 Å². The molecule has 2 aromatic rings. The van der Waals surface area contributed by atoms with Crippen LogP contribution in [0.4, 0.5) is 14.9 Å². The van der Waals surface area contributed by atoms with Crippen molar-refractivity contribution in [3.8, 4) is 5.75 Å². The van der Waals surface area contributed by atoms with Gasteiger partial charge >= 0.3 is 6.16 Å². The third-order valence-electron chi connectivity index (χ3n) is 5.91. The molecule has 2 fully saturated rings. The molecule has 0 amide bonds. The third kappa shape index (κ3) is 3.69. The molecule has 0 radical (unpaired) electrons. The molecule has 8 heteroatoms. The molecule has 0 bridgehead atoms. The second-order valence-corrected chi connectivity index (χ2v) is 7.99. The Labute approximate surface area is 168 Å². The number of aryl methyl sites for hydroxylation is 1. The molecule has 1 saturated heterocycles. The minimum atomic E-state index is -1.55. The SMILES string of the molecule is CCNCC1CCN(c2c(F)cn3c(=O)c(OC(=O)O)cc(C4CC4)c3c2C)C1. The van der Waals surface area contributed by atoms with Gasteiger partial charge < -0.3 is 20.1 Å². The van der Waals surface area contributed by atoms with E-state index in [-0.39, 0.29) is 11.7 Å². The van der Waals surface area contributed by atoms with Gasteiger partial charge in [0.05, 0.1) is 17.4 Å². The molecule has 2 N–H and O–H groups in total. The molecule has 1 saturated carbocycles. The monoisotopic (exact) mass is 403 g/mol. The van der Waals surface area contributed by atoms with Crippen LogP contribution < -0.4 is 20.5 Å². The van der Waals surface area contributed by atoms with E-state index in [9.17, 15) is 9.59 Å². The van der Waals surface area contributed by atoms with Crippen molar-refractivity contribution >= 4 is 17.4 Å². The molecule has 3 heterocycles. The lowest BCUT2D eigenvalue weighted by Gasteiger charge is -2.24. The average Bonchev–Trinajstić information content (AvgIpc) is 3.41. The number of nitrogens with one attached hydrogen (secondary N) is 1. The normalized spacial score (nSPS) is 19.1. The lowest BCUT2D eigenvalue weighted by Crippen LogP contribution is -2.28. The van der Waals surface area contributed by atoms with Crippen molar-refractivity contribution in [3.63, 3.8) is 0 Å². The lowest BCUT2D eigenvalue weighted by molar-refractivity contribution is 0.143. The Morgan fingerprint density at radius 2 is 2.14 bits per heavy atom. The van der Waals surface area contributed by atoms with Crippen molar-refractivity contribution in [2.24, 2.45) is 5.92 Å². The highest BCUT2D eigenvalue weighted by Crippen LogP contribution is 2.44. The number of carbonyl (C=O) groups is 1. The molecule has 156 valence electrons. The van der Waals surface area contributed by atoms with E-state index in [1.54, 1.807) is 0 Å². The van der Waals surface area contributed by atoms with Crippen molar-refractivity contribution in [2.75, 3.05) is 31.1 Å². The van der Waals surface area contributed by atoms with Gasteiger partial charge in [-0.15, -0.1) is 0 Å². The number of halogens is 1. The number of hydrogen-bond acceptors (Lipinski definition) is 5. The Balaban J connectivity index is 1.81. The van der Waals surface area contributed by atoms with Gasteiger partial charge in [-0.3, -0.25) is 9.20 Å². The van der Waals surface area contributed by atoms with E-state index in [1.165, 1.54) is 16.7 Å². The zero-order chi connectivity index (χ0) is 20.7. The van der Waals surface area contributed by atoms with Crippen molar-refractivity contribution in [3.05, 3.63) is 39.6 Å². The first-order chi connectivity index (χ1) is 13.9. The standard InChI is InChI=1S/C21H26FN3O4/c1-3-23-9-13-6-7-24(10-13)19-12(2)18-15(14-4-5-14)8-17(29-21(27)28)20(26)25(18)11-16(19)22/h8,11,13-14,23H,3-7,9-10H2,1-2H3,(H,27,28). The molecule has 0 aromatic carbocycles. The fourth-order valence-electron chi connectivity index (χ4n) is 4.43. The van der Waals surface area contributed by atoms with E-state index in [2.05, 4.69) is 21.9 Å². The molecule has 1 aliphatic carbocycles. The van der Waals surface area contributed by atoms with E-state index in [1.807, 2.05) is 6.92 Å². The number of pyridine rings is 2. The molecule has 29 heavy (non-hydrogen) atoms. The third-order valence-corrected chi connectivity index (χ3v) is 5.91.